The first-order valence-corrected chi connectivity index (χ1v) is 15.1. The molecular formula is C29H33Cl2F3N8O4. The summed E-state index contributed by atoms with van der Waals surface area (Å²) in [5.41, 5.74) is -0.633. The number of imidazole rings is 1. The third-order valence-corrected chi connectivity index (χ3v) is 8.80. The molecule has 0 spiro atoms. The van der Waals surface area contributed by atoms with Crippen molar-refractivity contribution in [3.05, 3.63) is 52.7 Å². The van der Waals surface area contributed by atoms with Crippen LogP contribution in [0.25, 0.3) is 11.3 Å². The van der Waals surface area contributed by atoms with Gasteiger partial charge in [0.15, 0.2) is 11.5 Å². The Bertz CT molecular complexity index is 1630. The summed E-state index contributed by atoms with van der Waals surface area (Å²) >= 11 is 6.44. The molecule has 2 atom stereocenters. The number of carbonyl (C=O) groups is 3. The predicted octanol–water partition coefficient (Wildman–Crippen LogP) is 3.22. The molecule has 3 amide bonds. The molecular weight excluding hydrogens is 652 g/mol. The van der Waals surface area contributed by atoms with Crippen molar-refractivity contribution in [2.24, 2.45) is 13.0 Å². The number of nitrogens with one attached hydrogen (secondary N) is 2. The van der Waals surface area contributed by atoms with Gasteiger partial charge in [0.05, 0.1) is 46.1 Å². The first-order chi connectivity index (χ1) is 21.4. The number of aromatic nitrogens is 4. The van der Waals surface area contributed by atoms with E-state index in [1.807, 2.05) is 0 Å². The van der Waals surface area contributed by atoms with Gasteiger partial charge in [-0.1, -0.05) is 11.6 Å². The number of hydrogen-bond acceptors (Lipinski definition) is 7. The number of hydrogen-bond donors (Lipinski definition) is 3. The first-order valence-electron chi connectivity index (χ1n) is 14.7. The quantitative estimate of drug-likeness (QED) is 0.363. The minimum absolute atomic E-state index is 0. The smallest absolute Gasteiger partial charge is 0.392 e. The van der Waals surface area contributed by atoms with Crippen LogP contribution in [0, 0.1) is 5.92 Å². The van der Waals surface area contributed by atoms with Crippen molar-refractivity contribution in [1.29, 1.82) is 0 Å². The van der Waals surface area contributed by atoms with Gasteiger partial charge < -0.3 is 30.1 Å². The number of amides is 3. The Hall–Kier alpha value is -3.66. The number of aliphatic hydroxyl groups is 1. The summed E-state index contributed by atoms with van der Waals surface area (Å²) in [7, 11) is 1.45. The molecule has 2 saturated heterocycles. The van der Waals surface area contributed by atoms with E-state index < -0.39 is 29.8 Å². The topological polar surface area (TPSA) is 138 Å². The van der Waals surface area contributed by atoms with Crippen molar-refractivity contribution in [2.75, 3.05) is 44.6 Å². The number of benzene rings is 1. The Morgan fingerprint density at radius 1 is 1.09 bits per heavy atom. The summed E-state index contributed by atoms with van der Waals surface area (Å²) in [5.74, 6) is -1.77. The van der Waals surface area contributed by atoms with Crippen molar-refractivity contribution < 1.29 is 32.7 Å². The minimum Gasteiger partial charge on any atom is -0.392 e. The van der Waals surface area contributed by atoms with Crippen molar-refractivity contribution >= 4 is 47.4 Å². The normalized spacial score (nSPS) is 20.3. The summed E-state index contributed by atoms with van der Waals surface area (Å²) < 4.78 is 43.8. The highest BCUT2D eigenvalue weighted by atomic mass is 35.5. The lowest BCUT2D eigenvalue weighted by molar-refractivity contribution is -0.142. The Labute approximate surface area is 273 Å². The number of aliphatic hydroxyl groups excluding tert-OH is 1. The van der Waals surface area contributed by atoms with Gasteiger partial charge in [0, 0.05) is 51.7 Å². The van der Waals surface area contributed by atoms with Crippen molar-refractivity contribution in [3.8, 4) is 11.3 Å². The van der Waals surface area contributed by atoms with E-state index in [9.17, 15) is 32.7 Å². The highest BCUT2D eigenvalue weighted by Crippen LogP contribution is 2.41. The van der Waals surface area contributed by atoms with E-state index >= 15 is 0 Å². The average molecular weight is 686 g/mol. The standard InChI is InChI=1S/C29H32ClF3N8O4.ClH/c1-38-22(20-15-41(17-3-4-17)37-24(20)29(31,32)33)14-35-25(38)26(43)36-16-2-5-18(21(30)12-16)27(44)39-8-10-40(11-9-39)28(45)19-13-34-7-6-23(19)42;/h2,5,12,14-15,17,19,23,34,42H,3-4,6-11,13H2,1H3,(H,36,43);1H. The van der Waals surface area contributed by atoms with Gasteiger partial charge in [-0.15, -0.1) is 12.4 Å². The third-order valence-electron chi connectivity index (χ3n) is 8.49. The fourth-order valence-electron chi connectivity index (χ4n) is 5.77. The molecule has 1 aliphatic carbocycles. The van der Waals surface area contributed by atoms with E-state index in [1.54, 1.807) is 9.80 Å². The van der Waals surface area contributed by atoms with Crippen LogP contribution in [0.4, 0.5) is 18.9 Å². The van der Waals surface area contributed by atoms with Crippen LogP contribution < -0.4 is 10.6 Å². The van der Waals surface area contributed by atoms with Gasteiger partial charge in [0.2, 0.25) is 5.91 Å². The van der Waals surface area contributed by atoms with Crippen molar-refractivity contribution in [2.45, 2.75) is 37.6 Å². The maximum atomic E-state index is 13.7. The van der Waals surface area contributed by atoms with E-state index in [-0.39, 0.29) is 63.6 Å². The number of halogens is 5. The van der Waals surface area contributed by atoms with E-state index in [2.05, 4.69) is 20.7 Å². The number of carbonyl (C=O) groups excluding carboxylic acids is 3. The van der Waals surface area contributed by atoms with Crippen LogP contribution in [-0.2, 0) is 18.0 Å². The second-order valence-electron chi connectivity index (χ2n) is 11.6. The van der Waals surface area contributed by atoms with Crippen LogP contribution in [0.15, 0.2) is 30.6 Å². The zero-order valence-corrected chi connectivity index (χ0v) is 26.3. The van der Waals surface area contributed by atoms with Crippen molar-refractivity contribution in [1.82, 2.24) is 34.4 Å². The molecule has 6 rings (SSSR count). The highest BCUT2D eigenvalue weighted by molar-refractivity contribution is 6.34. The maximum absolute atomic E-state index is 13.7. The Morgan fingerprint density at radius 3 is 2.41 bits per heavy atom. The Kier molecular flexibility index (Phi) is 9.68. The number of piperazine rings is 1. The molecule has 3 fully saturated rings. The zero-order chi connectivity index (χ0) is 32.0. The fraction of sp³-hybridized carbons (Fsp3) is 0.483. The van der Waals surface area contributed by atoms with Gasteiger partial charge in [-0.25, -0.2) is 4.98 Å². The summed E-state index contributed by atoms with van der Waals surface area (Å²) in [5, 5.41) is 19.8. The van der Waals surface area contributed by atoms with Crippen LogP contribution in [-0.4, -0.2) is 97.3 Å². The fourth-order valence-corrected chi connectivity index (χ4v) is 6.03. The highest BCUT2D eigenvalue weighted by Gasteiger charge is 2.40. The molecule has 3 aromatic rings. The molecule has 1 aromatic carbocycles. The monoisotopic (exact) mass is 684 g/mol. The lowest BCUT2D eigenvalue weighted by Gasteiger charge is -2.38. The molecule has 3 aliphatic rings. The van der Waals surface area contributed by atoms with E-state index in [0.29, 0.717) is 45.7 Å². The SMILES string of the molecule is Cl.Cn1c(-c2cn(C3CC3)nc2C(F)(F)F)cnc1C(=O)Nc1ccc(C(=O)N2CCN(C(=O)C3CNCCC3O)CC2)c(Cl)c1. The molecule has 0 radical (unpaired) electrons. The largest absolute Gasteiger partial charge is 0.435 e. The van der Waals surface area contributed by atoms with Gasteiger partial charge in [-0.2, -0.15) is 18.3 Å². The average Bonchev–Trinajstić information content (AvgIpc) is 3.64. The number of rotatable bonds is 6. The number of nitrogens with zero attached hydrogens (tertiary/aromatic N) is 6. The summed E-state index contributed by atoms with van der Waals surface area (Å²) in [6.45, 7) is 2.34. The molecule has 2 aliphatic heterocycles. The van der Waals surface area contributed by atoms with Crippen LogP contribution in [0.3, 0.4) is 0 Å². The molecule has 17 heteroatoms. The predicted molar refractivity (Wildman–Crippen MR) is 164 cm³/mol. The first kappa shape index (κ1) is 33.7. The number of anilines is 1. The number of piperidine rings is 1. The summed E-state index contributed by atoms with van der Waals surface area (Å²) in [6, 6.07) is 4.32. The Balaban J connectivity index is 0.00000417. The number of alkyl halides is 3. The van der Waals surface area contributed by atoms with Gasteiger partial charge in [0.1, 0.15) is 0 Å². The lowest BCUT2D eigenvalue weighted by atomic mass is 9.94. The zero-order valence-electron chi connectivity index (χ0n) is 24.8. The summed E-state index contributed by atoms with van der Waals surface area (Å²) in [4.78, 5) is 46.5. The molecule has 3 N–H and O–H groups in total. The van der Waals surface area contributed by atoms with Crippen LogP contribution in [0.2, 0.25) is 5.02 Å². The molecule has 0 bridgehead atoms. The van der Waals surface area contributed by atoms with Crippen LogP contribution >= 0.6 is 24.0 Å². The molecule has 4 heterocycles. The second kappa shape index (κ2) is 13.2. The summed E-state index contributed by atoms with van der Waals surface area (Å²) in [6.07, 6.45) is -0.797. The van der Waals surface area contributed by atoms with Gasteiger partial charge >= 0.3 is 6.18 Å². The van der Waals surface area contributed by atoms with Gasteiger partial charge in [-0.05, 0) is 44.0 Å². The van der Waals surface area contributed by atoms with Gasteiger partial charge in [0.25, 0.3) is 11.8 Å². The maximum Gasteiger partial charge on any atom is 0.435 e. The van der Waals surface area contributed by atoms with Crippen LogP contribution in [0.1, 0.15) is 52.0 Å². The molecule has 12 nitrogen and oxygen atoms in total. The second-order valence-corrected chi connectivity index (χ2v) is 12.0. The van der Waals surface area contributed by atoms with E-state index in [0.717, 1.165) is 12.8 Å². The van der Waals surface area contributed by atoms with E-state index in [1.165, 1.54) is 46.9 Å². The van der Waals surface area contributed by atoms with E-state index in [4.69, 9.17) is 11.6 Å². The molecule has 2 unspecified atom stereocenters. The van der Waals surface area contributed by atoms with Gasteiger partial charge in [-0.3, -0.25) is 19.1 Å². The molecule has 248 valence electrons. The van der Waals surface area contributed by atoms with Crippen LogP contribution in [0.5, 0.6) is 0 Å². The molecule has 46 heavy (non-hydrogen) atoms. The molecule has 2 aromatic heterocycles. The van der Waals surface area contributed by atoms with Crippen molar-refractivity contribution in [3.63, 3.8) is 0 Å². The Morgan fingerprint density at radius 2 is 1.78 bits per heavy atom. The third kappa shape index (κ3) is 6.73. The molecule has 1 saturated carbocycles. The minimum atomic E-state index is -4.68. The lowest BCUT2D eigenvalue weighted by Crippen LogP contribution is -2.55.